The number of amides is 1. The Labute approximate surface area is 107 Å². The van der Waals surface area contributed by atoms with Gasteiger partial charge < -0.3 is 10.1 Å². The van der Waals surface area contributed by atoms with Crippen LogP contribution in [0, 0.1) is 0 Å². The maximum Gasteiger partial charge on any atom is 0.410 e. The van der Waals surface area contributed by atoms with E-state index in [9.17, 15) is 4.79 Å². The van der Waals surface area contributed by atoms with Crippen molar-refractivity contribution in [3.05, 3.63) is 11.3 Å². The van der Waals surface area contributed by atoms with Crippen molar-refractivity contribution in [2.75, 3.05) is 11.9 Å². The number of carbonyl (C=O) groups is 1. The van der Waals surface area contributed by atoms with E-state index in [2.05, 4.69) is 15.5 Å². The summed E-state index contributed by atoms with van der Waals surface area (Å²) in [7, 11) is 0. The quantitative estimate of drug-likeness (QED) is 0.845. The van der Waals surface area contributed by atoms with Crippen LogP contribution in [0.1, 0.15) is 39.0 Å². The molecule has 0 bridgehead atoms. The number of H-pyrrole nitrogens is 1. The number of fused-ring (bicyclic) bond motifs is 1. The predicted octanol–water partition coefficient (Wildman–Crippen LogP) is 2.09. The number of carbonyl (C=O) groups excluding carboxylic acids is 1. The fourth-order valence-electron chi connectivity index (χ4n) is 1.91. The van der Waals surface area contributed by atoms with E-state index >= 15 is 0 Å². The van der Waals surface area contributed by atoms with Crippen LogP contribution in [-0.4, -0.2) is 33.3 Å². The molecule has 100 valence electrons. The van der Waals surface area contributed by atoms with Gasteiger partial charge in [-0.05, 0) is 27.7 Å². The normalized spacial score (nSPS) is 14.6. The number of aromatic nitrogens is 2. The Morgan fingerprint density at radius 3 is 2.83 bits per heavy atom. The van der Waals surface area contributed by atoms with Gasteiger partial charge in [0.1, 0.15) is 5.60 Å². The smallest absolute Gasteiger partial charge is 0.410 e. The highest BCUT2D eigenvalue weighted by molar-refractivity contribution is 5.70. The third-order valence-electron chi connectivity index (χ3n) is 2.65. The van der Waals surface area contributed by atoms with Crippen molar-refractivity contribution in [1.29, 1.82) is 0 Å². The van der Waals surface area contributed by atoms with E-state index in [1.165, 1.54) is 0 Å². The largest absolute Gasteiger partial charge is 0.444 e. The second-order valence-electron chi connectivity index (χ2n) is 5.40. The Kier molecular flexibility index (Phi) is 3.19. The van der Waals surface area contributed by atoms with Crippen LogP contribution in [0.3, 0.4) is 0 Å². The van der Waals surface area contributed by atoms with Crippen LogP contribution in [0.4, 0.5) is 10.6 Å². The van der Waals surface area contributed by atoms with E-state index in [0.29, 0.717) is 13.1 Å². The summed E-state index contributed by atoms with van der Waals surface area (Å²) in [5.41, 5.74) is 1.58. The van der Waals surface area contributed by atoms with E-state index in [0.717, 1.165) is 23.6 Å². The highest BCUT2D eigenvalue weighted by Crippen LogP contribution is 2.28. The molecule has 1 aromatic heterocycles. The van der Waals surface area contributed by atoms with Crippen LogP contribution in [0.15, 0.2) is 0 Å². The van der Waals surface area contributed by atoms with E-state index in [4.69, 9.17) is 4.74 Å². The maximum absolute atomic E-state index is 11.9. The number of nitrogens with zero attached hydrogens (tertiary/aromatic N) is 2. The van der Waals surface area contributed by atoms with Crippen molar-refractivity contribution in [3.8, 4) is 0 Å². The second kappa shape index (κ2) is 4.51. The number of aromatic amines is 1. The lowest BCUT2D eigenvalue weighted by Crippen LogP contribution is -2.33. The number of nitrogens with one attached hydrogen (secondary N) is 2. The molecule has 0 saturated heterocycles. The van der Waals surface area contributed by atoms with Gasteiger partial charge in [-0.15, -0.1) is 0 Å². The highest BCUT2D eigenvalue weighted by Gasteiger charge is 2.30. The summed E-state index contributed by atoms with van der Waals surface area (Å²) in [6.45, 7) is 9.50. The molecule has 6 nitrogen and oxygen atoms in total. The molecule has 18 heavy (non-hydrogen) atoms. The van der Waals surface area contributed by atoms with Gasteiger partial charge in [0.15, 0.2) is 5.82 Å². The minimum Gasteiger partial charge on any atom is -0.444 e. The van der Waals surface area contributed by atoms with Gasteiger partial charge >= 0.3 is 6.09 Å². The molecular formula is C12H20N4O2. The highest BCUT2D eigenvalue weighted by atomic mass is 16.6. The van der Waals surface area contributed by atoms with Crippen LogP contribution in [0.25, 0.3) is 0 Å². The van der Waals surface area contributed by atoms with Gasteiger partial charge in [0.25, 0.3) is 0 Å². The summed E-state index contributed by atoms with van der Waals surface area (Å²) in [6, 6.07) is 0. The Morgan fingerprint density at radius 2 is 2.22 bits per heavy atom. The first-order valence-corrected chi connectivity index (χ1v) is 6.18. The van der Waals surface area contributed by atoms with Crippen LogP contribution < -0.4 is 5.32 Å². The molecule has 0 radical (unpaired) electrons. The lowest BCUT2D eigenvalue weighted by Gasteiger charge is -2.24. The number of anilines is 1. The van der Waals surface area contributed by atoms with Crippen LogP contribution >= 0.6 is 0 Å². The first-order valence-electron chi connectivity index (χ1n) is 6.18. The summed E-state index contributed by atoms with van der Waals surface area (Å²) in [5.74, 6) is 0.832. The summed E-state index contributed by atoms with van der Waals surface area (Å²) in [6.07, 6.45) is -0.283. The zero-order valence-electron chi connectivity index (χ0n) is 11.3. The molecule has 0 aromatic carbocycles. The summed E-state index contributed by atoms with van der Waals surface area (Å²) < 4.78 is 5.35. The summed E-state index contributed by atoms with van der Waals surface area (Å²) in [5, 5.41) is 10.3. The molecule has 0 spiro atoms. The van der Waals surface area contributed by atoms with Gasteiger partial charge in [0, 0.05) is 12.1 Å². The predicted molar refractivity (Wildman–Crippen MR) is 68.2 cm³/mol. The van der Waals surface area contributed by atoms with E-state index < -0.39 is 5.60 Å². The molecule has 1 amide bonds. The van der Waals surface area contributed by atoms with Crippen molar-refractivity contribution in [3.63, 3.8) is 0 Å². The van der Waals surface area contributed by atoms with Crippen molar-refractivity contribution < 1.29 is 9.53 Å². The molecule has 0 atom stereocenters. The molecule has 1 aromatic rings. The zero-order valence-corrected chi connectivity index (χ0v) is 11.3. The minimum atomic E-state index is -0.462. The van der Waals surface area contributed by atoms with E-state index in [1.54, 1.807) is 4.90 Å². The molecular weight excluding hydrogens is 232 g/mol. The molecule has 1 aliphatic heterocycles. The van der Waals surface area contributed by atoms with Gasteiger partial charge in [-0.25, -0.2) is 4.79 Å². The van der Waals surface area contributed by atoms with Gasteiger partial charge in [-0.3, -0.25) is 10.00 Å². The van der Waals surface area contributed by atoms with Gasteiger partial charge in [0.05, 0.1) is 18.8 Å². The molecule has 0 saturated carbocycles. The van der Waals surface area contributed by atoms with Crippen molar-refractivity contribution in [1.82, 2.24) is 15.1 Å². The number of hydrogen-bond donors (Lipinski definition) is 2. The lowest BCUT2D eigenvalue weighted by atomic mass is 10.2. The van der Waals surface area contributed by atoms with Gasteiger partial charge in [-0.1, -0.05) is 0 Å². The fraction of sp³-hybridized carbons (Fsp3) is 0.667. The third-order valence-corrected chi connectivity index (χ3v) is 2.65. The Hall–Kier alpha value is -1.72. The number of rotatable bonds is 2. The van der Waals surface area contributed by atoms with Crippen molar-refractivity contribution in [2.24, 2.45) is 0 Å². The SMILES string of the molecule is CCNc1n[nH]c2c1CN(C(=O)OC(C)(C)C)C2. The molecule has 6 heteroatoms. The molecule has 2 N–H and O–H groups in total. The van der Waals surface area contributed by atoms with Crippen molar-refractivity contribution in [2.45, 2.75) is 46.4 Å². The van der Waals surface area contributed by atoms with E-state index in [1.807, 2.05) is 27.7 Å². The lowest BCUT2D eigenvalue weighted by molar-refractivity contribution is 0.0240. The number of ether oxygens (including phenoxy) is 1. The standard InChI is InChI=1S/C12H20N4O2/c1-5-13-10-8-6-16(7-9(8)14-15-10)11(17)18-12(2,3)4/h5-7H2,1-4H3,(H2,13,14,15). The molecule has 0 unspecified atom stereocenters. The average Bonchev–Trinajstić information content (AvgIpc) is 2.77. The van der Waals surface area contributed by atoms with Crippen LogP contribution in [0.2, 0.25) is 0 Å². The summed E-state index contributed by atoms with van der Waals surface area (Å²) in [4.78, 5) is 13.6. The Morgan fingerprint density at radius 1 is 1.50 bits per heavy atom. The second-order valence-corrected chi connectivity index (χ2v) is 5.40. The third kappa shape index (κ3) is 2.57. The van der Waals surface area contributed by atoms with Crippen molar-refractivity contribution >= 4 is 11.9 Å². The molecule has 0 fully saturated rings. The topological polar surface area (TPSA) is 70.2 Å². The average molecular weight is 252 g/mol. The minimum absolute atomic E-state index is 0.283. The van der Waals surface area contributed by atoms with Gasteiger partial charge in [-0.2, -0.15) is 5.10 Å². The molecule has 0 aliphatic carbocycles. The molecule has 2 rings (SSSR count). The van der Waals surface area contributed by atoms with E-state index in [-0.39, 0.29) is 6.09 Å². The first kappa shape index (κ1) is 12.7. The fourth-order valence-corrected chi connectivity index (χ4v) is 1.91. The summed E-state index contributed by atoms with van der Waals surface area (Å²) >= 11 is 0. The zero-order chi connectivity index (χ0) is 13.3. The first-order chi connectivity index (χ1) is 8.40. The van der Waals surface area contributed by atoms with Crippen LogP contribution in [-0.2, 0) is 17.8 Å². The Bertz CT molecular complexity index is 447. The maximum atomic E-state index is 11.9. The number of hydrogen-bond acceptors (Lipinski definition) is 4. The van der Waals surface area contributed by atoms with Crippen LogP contribution in [0.5, 0.6) is 0 Å². The molecule has 2 heterocycles. The van der Waals surface area contributed by atoms with Gasteiger partial charge in [0.2, 0.25) is 0 Å². The Balaban J connectivity index is 2.03. The monoisotopic (exact) mass is 252 g/mol. The molecule has 1 aliphatic rings.